The Hall–Kier alpha value is -2.85. The summed E-state index contributed by atoms with van der Waals surface area (Å²) in [6.45, 7) is 15.1. The zero-order valence-corrected chi connectivity index (χ0v) is 23.6. The van der Waals surface area contributed by atoms with Gasteiger partial charge in [0, 0.05) is 24.3 Å². The summed E-state index contributed by atoms with van der Waals surface area (Å²) in [6.07, 6.45) is 1.05. The van der Waals surface area contributed by atoms with Crippen LogP contribution in [0.1, 0.15) is 71.2 Å². The highest BCUT2D eigenvalue weighted by Crippen LogP contribution is 2.54. The van der Waals surface area contributed by atoms with E-state index in [0.717, 1.165) is 36.8 Å². The SMILES string of the molecule is CCc1ccc(C2c3c(C)c(N4Cc5cc(OC)c(OC)cc5C4)c(C)c(C)c3OC2(C)C)cc1.Cl. The predicted octanol–water partition coefficient (Wildman–Crippen LogP) is 7.44. The number of benzene rings is 3. The van der Waals surface area contributed by atoms with Crippen molar-refractivity contribution in [2.24, 2.45) is 0 Å². The maximum Gasteiger partial charge on any atom is 0.161 e. The van der Waals surface area contributed by atoms with Crippen molar-refractivity contribution in [2.45, 2.75) is 72.6 Å². The number of ether oxygens (including phenoxy) is 3. The average Bonchev–Trinajstić information content (AvgIpc) is 3.38. The third kappa shape index (κ3) is 4.00. The number of methoxy groups -OCH3 is 2. The number of aryl methyl sites for hydroxylation is 1. The van der Waals surface area contributed by atoms with E-state index < -0.39 is 0 Å². The molecule has 5 rings (SSSR count). The molecule has 2 heterocycles. The number of anilines is 1. The fraction of sp³-hybridized carbons (Fsp3) is 0.419. The van der Waals surface area contributed by atoms with E-state index in [1.165, 1.54) is 50.2 Å². The van der Waals surface area contributed by atoms with E-state index in [0.29, 0.717) is 0 Å². The smallest absolute Gasteiger partial charge is 0.161 e. The van der Waals surface area contributed by atoms with Crippen molar-refractivity contribution in [3.63, 3.8) is 0 Å². The lowest BCUT2D eigenvalue weighted by atomic mass is 9.78. The fourth-order valence-electron chi connectivity index (χ4n) is 6.15. The van der Waals surface area contributed by atoms with E-state index in [9.17, 15) is 0 Å². The van der Waals surface area contributed by atoms with Crippen molar-refractivity contribution in [3.8, 4) is 17.2 Å². The molecule has 1 unspecified atom stereocenters. The van der Waals surface area contributed by atoms with Gasteiger partial charge in [-0.2, -0.15) is 0 Å². The average molecular weight is 508 g/mol. The Morgan fingerprint density at radius 1 is 0.889 bits per heavy atom. The highest BCUT2D eigenvalue weighted by Gasteiger charge is 2.45. The monoisotopic (exact) mass is 507 g/mol. The van der Waals surface area contributed by atoms with Crippen LogP contribution in [0.25, 0.3) is 0 Å². The van der Waals surface area contributed by atoms with Crippen LogP contribution in [0.5, 0.6) is 17.2 Å². The van der Waals surface area contributed by atoms with Crippen molar-refractivity contribution in [1.82, 2.24) is 0 Å². The van der Waals surface area contributed by atoms with Crippen molar-refractivity contribution >= 4 is 18.1 Å². The molecular formula is C31H38ClNO3. The van der Waals surface area contributed by atoms with Gasteiger partial charge in [-0.25, -0.2) is 0 Å². The van der Waals surface area contributed by atoms with Crippen LogP contribution in [0.15, 0.2) is 36.4 Å². The highest BCUT2D eigenvalue weighted by atomic mass is 35.5. The molecule has 0 aromatic heterocycles. The molecule has 2 aliphatic heterocycles. The van der Waals surface area contributed by atoms with E-state index in [4.69, 9.17) is 14.2 Å². The molecule has 0 saturated heterocycles. The van der Waals surface area contributed by atoms with Crippen LogP contribution >= 0.6 is 12.4 Å². The molecule has 0 N–H and O–H groups in total. The molecule has 3 aromatic carbocycles. The predicted molar refractivity (Wildman–Crippen MR) is 150 cm³/mol. The molecule has 36 heavy (non-hydrogen) atoms. The second kappa shape index (κ2) is 9.55. The molecule has 2 aliphatic rings. The highest BCUT2D eigenvalue weighted by molar-refractivity contribution is 5.85. The normalized spacial score (nSPS) is 17.2. The molecule has 0 aliphatic carbocycles. The zero-order valence-electron chi connectivity index (χ0n) is 22.7. The molecule has 0 saturated carbocycles. The van der Waals surface area contributed by atoms with E-state index in [1.807, 2.05) is 0 Å². The van der Waals surface area contributed by atoms with Crippen LogP contribution in [-0.4, -0.2) is 19.8 Å². The van der Waals surface area contributed by atoms with Crippen LogP contribution in [0.2, 0.25) is 0 Å². The van der Waals surface area contributed by atoms with Gasteiger partial charge in [-0.05, 0) is 92.1 Å². The van der Waals surface area contributed by atoms with Crippen molar-refractivity contribution in [2.75, 3.05) is 19.1 Å². The maximum absolute atomic E-state index is 6.70. The van der Waals surface area contributed by atoms with Gasteiger partial charge in [-0.15, -0.1) is 12.4 Å². The van der Waals surface area contributed by atoms with E-state index in [1.54, 1.807) is 14.2 Å². The Labute approximate surface area is 222 Å². The van der Waals surface area contributed by atoms with E-state index in [-0.39, 0.29) is 23.9 Å². The molecule has 0 radical (unpaired) electrons. The first-order valence-electron chi connectivity index (χ1n) is 12.6. The largest absolute Gasteiger partial charge is 0.493 e. The molecule has 0 bridgehead atoms. The minimum atomic E-state index is -0.314. The van der Waals surface area contributed by atoms with Crippen LogP contribution in [0.4, 0.5) is 5.69 Å². The van der Waals surface area contributed by atoms with Gasteiger partial charge in [0.05, 0.1) is 20.1 Å². The van der Waals surface area contributed by atoms with Gasteiger partial charge in [0.2, 0.25) is 0 Å². The second-order valence-corrected chi connectivity index (χ2v) is 10.5. The summed E-state index contributed by atoms with van der Waals surface area (Å²) < 4.78 is 17.8. The molecule has 1 atom stereocenters. The number of hydrogen-bond donors (Lipinski definition) is 0. The van der Waals surface area contributed by atoms with Gasteiger partial charge in [-0.3, -0.25) is 0 Å². The molecular weight excluding hydrogens is 470 g/mol. The van der Waals surface area contributed by atoms with Crippen molar-refractivity contribution in [1.29, 1.82) is 0 Å². The second-order valence-electron chi connectivity index (χ2n) is 10.5. The first-order chi connectivity index (χ1) is 16.7. The quantitative estimate of drug-likeness (QED) is 0.359. The topological polar surface area (TPSA) is 30.9 Å². The Bertz CT molecular complexity index is 1260. The fourth-order valence-corrected chi connectivity index (χ4v) is 6.15. The molecule has 4 nitrogen and oxygen atoms in total. The third-order valence-electron chi connectivity index (χ3n) is 8.08. The van der Waals surface area contributed by atoms with Gasteiger partial charge in [0.25, 0.3) is 0 Å². The van der Waals surface area contributed by atoms with Gasteiger partial charge >= 0.3 is 0 Å². The van der Waals surface area contributed by atoms with Gasteiger partial charge in [0.15, 0.2) is 11.5 Å². The number of nitrogens with zero attached hydrogens (tertiary/aromatic N) is 1. The Morgan fingerprint density at radius 2 is 1.44 bits per heavy atom. The number of hydrogen-bond acceptors (Lipinski definition) is 4. The van der Waals surface area contributed by atoms with Gasteiger partial charge in [0.1, 0.15) is 11.4 Å². The van der Waals surface area contributed by atoms with Crippen LogP contribution in [0.3, 0.4) is 0 Å². The van der Waals surface area contributed by atoms with Gasteiger partial charge in [-0.1, -0.05) is 31.2 Å². The molecule has 5 heteroatoms. The maximum atomic E-state index is 6.70. The summed E-state index contributed by atoms with van der Waals surface area (Å²) in [5.41, 5.74) is 11.5. The Morgan fingerprint density at radius 3 is 1.94 bits per heavy atom. The summed E-state index contributed by atoms with van der Waals surface area (Å²) in [5.74, 6) is 2.83. The lowest BCUT2D eigenvalue weighted by Crippen LogP contribution is -2.31. The standard InChI is InChI=1S/C31H37NO3.ClH/c1-9-21-10-12-22(13-11-21)28-27-20(4)29(18(2)19(3)30(27)35-31(28,5)6)32-16-23-14-25(33-7)26(34-8)15-24(23)17-32;/h10-15,28H,9,16-17H2,1-8H3;1H. The van der Waals surface area contributed by atoms with Crippen LogP contribution < -0.4 is 19.1 Å². The lowest BCUT2D eigenvalue weighted by molar-refractivity contribution is 0.121. The molecule has 0 amide bonds. The minimum Gasteiger partial charge on any atom is -0.493 e. The Kier molecular flexibility index (Phi) is 6.96. The van der Waals surface area contributed by atoms with Crippen molar-refractivity contribution in [3.05, 3.63) is 80.9 Å². The third-order valence-corrected chi connectivity index (χ3v) is 8.08. The molecule has 0 fully saturated rings. The zero-order chi connectivity index (χ0) is 25.1. The summed E-state index contributed by atoms with van der Waals surface area (Å²) in [5, 5.41) is 0. The summed E-state index contributed by atoms with van der Waals surface area (Å²) >= 11 is 0. The van der Waals surface area contributed by atoms with E-state index in [2.05, 4.69) is 82.8 Å². The minimum absolute atomic E-state index is 0. The van der Waals surface area contributed by atoms with Gasteiger partial charge < -0.3 is 19.1 Å². The molecule has 3 aromatic rings. The number of halogens is 1. The van der Waals surface area contributed by atoms with Crippen molar-refractivity contribution < 1.29 is 14.2 Å². The van der Waals surface area contributed by atoms with Crippen LogP contribution in [0, 0.1) is 20.8 Å². The van der Waals surface area contributed by atoms with Crippen LogP contribution in [-0.2, 0) is 19.5 Å². The Balaban J connectivity index is 0.00000304. The molecule has 0 spiro atoms. The van der Waals surface area contributed by atoms with E-state index >= 15 is 0 Å². The summed E-state index contributed by atoms with van der Waals surface area (Å²) in [6, 6.07) is 13.4. The lowest BCUT2D eigenvalue weighted by Gasteiger charge is -2.29. The number of rotatable bonds is 5. The summed E-state index contributed by atoms with van der Waals surface area (Å²) in [7, 11) is 3.40. The first kappa shape index (κ1) is 26.2. The first-order valence-corrected chi connectivity index (χ1v) is 12.6. The molecule has 192 valence electrons. The number of fused-ring (bicyclic) bond motifs is 2. The summed E-state index contributed by atoms with van der Waals surface area (Å²) in [4.78, 5) is 2.50.